The lowest BCUT2D eigenvalue weighted by Crippen LogP contribution is -2.25. The van der Waals surface area contributed by atoms with E-state index in [0.717, 1.165) is 18.5 Å². The van der Waals surface area contributed by atoms with Crippen LogP contribution in [0.3, 0.4) is 0 Å². The Balaban J connectivity index is 2.63. The molecule has 0 spiro atoms. The largest absolute Gasteiger partial charge is 0.463 e. The zero-order valence-electron chi connectivity index (χ0n) is 9.99. The van der Waals surface area contributed by atoms with E-state index in [4.69, 9.17) is 4.74 Å². The molecule has 1 aliphatic heterocycles. The molecule has 0 aromatic carbocycles. The standard InChI is InChI=1S/C12H19NO3/c1-3-5-8-13-10(6-7-11(13)14)9-12(15)16-4-2/h9H,3-8H2,1-2H3/b10-9+. The number of amides is 1. The number of hydrogen-bond donors (Lipinski definition) is 0. The quantitative estimate of drug-likeness (QED) is 0.530. The molecule has 0 aromatic heterocycles. The summed E-state index contributed by atoms with van der Waals surface area (Å²) in [4.78, 5) is 24.6. The van der Waals surface area contributed by atoms with Gasteiger partial charge in [-0.3, -0.25) is 4.79 Å². The second kappa shape index (κ2) is 6.30. The molecule has 0 saturated carbocycles. The minimum atomic E-state index is -0.353. The number of likely N-dealkylation sites (tertiary alicyclic amines) is 1. The molecule has 0 unspecified atom stereocenters. The topological polar surface area (TPSA) is 46.6 Å². The molecule has 0 aliphatic carbocycles. The van der Waals surface area contributed by atoms with Gasteiger partial charge in [0.2, 0.25) is 5.91 Å². The van der Waals surface area contributed by atoms with Crippen molar-refractivity contribution in [3.63, 3.8) is 0 Å². The smallest absolute Gasteiger partial charge is 0.332 e. The van der Waals surface area contributed by atoms with Crippen LogP contribution in [0.5, 0.6) is 0 Å². The van der Waals surface area contributed by atoms with Gasteiger partial charge >= 0.3 is 5.97 Å². The Morgan fingerprint density at radius 1 is 1.44 bits per heavy atom. The maximum Gasteiger partial charge on any atom is 0.332 e. The van der Waals surface area contributed by atoms with Crippen molar-refractivity contribution in [3.8, 4) is 0 Å². The van der Waals surface area contributed by atoms with E-state index >= 15 is 0 Å². The van der Waals surface area contributed by atoms with Crippen LogP contribution in [0.15, 0.2) is 11.8 Å². The van der Waals surface area contributed by atoms with Gasteiger partial charge in [-0.05, 0) is 19.8 Å². The molecule has 16 heavy (non-hydrogen) atoms. The van der Waals surface area contributed by atoms with E-state index in [2.05, 4.69) is 6.92 Å². The molecule has 4 nitrogen and oxygen atoms in total. The van der Waals surface area contributed by atoms with Crippen molar-refractivity contribution >= 4 is 11.9 Å². The van der Waals surface area contributed by atoms with Gasteiger partial charge in [0.1, 0.15) is 0 Å². The highest BCUT2D eigenvalue weighted by atomic mass is 16.5. The van der Waals surface area contributed by atoms with Gasteiger partial charge in [-0.15, -0.1) is 0 Å². The van der Waals surface area contributed by atoms with Crippen LogP contribution < -0.4 is 0 Å². The molecule has 4 heteroatoms. The van der Waals surface area contributed by atoms with Crippen molar-refractivity contribution in [3.05, 3.63) is 11.8 Å². The van der Waals surface area contributed by atoms with Crippen molar-refractivity contribution < 1.29 is 14.3 Å². The molecule has 1 saturated heterocycles. The van der Waals surface area contributed by atoms with Crippen LogP contribution in [0.1, 0.15) is 39.5 Å². The second-order valence-electron chi connectivity index (χ2n) is 3.79. The first kappa shape index (κ1) is 12.7. The summed E-state index contributed by atoms with van der Waals surface area (Å²) < 4.78 is 4.84. The minimum absolute atomic E-state index is 0.115. The minimum Gasteiger partial charge on any atom is -0.463 e. The van der Waals surface area contributed by atoms with Crippen LogP contribution >= 0.6 is 0 Å². The summed E-state index contributed by atoms with van der Waals surface area (Å²) >= 11 is 0. The van der Waals surface area contributed by atoms with E-state index in [1.165, 1.54) is 6.08 Å². The second-order valence-corrected chi connectivity index (χ2v) is 3.79. The van der Waals surface area contributed by atoms with E-state index in [1.807, 2.05) is 0 Å². The number of esters is 1. The van der Waals surface area contributed by atoms with Crippen molar-refractivity contribution in [2.24, 2.45) is 0 Å². The first-order valence-corrected chi connectivity index (χ1v) is 5.86. The van der Waals surface area contributed by atoms with Gasteiger partial charge in [-0.1, -0.05) is 13.3 Å². The maximum atomic E-state index is 11.6. The van der Waals surface area contributed by atoms with Crippen LogP contribution in [0.2, 0.25) is 0 Å². The zero-order valence-corrected chi connectivity index (χ0v) is 9.99. The van der Waals surface area contributed by atoms with Crippen LogP contribution in [0.25, 0.3) is 0 Å². The lowest BCUT2D eigenvalue weighted by atomic mass is 10.3. The Kier molecular flexibility index (Phi) is 5.02. The highest BCUT2D eigenvalue weighted by Crippen LogP contribution is 2.22. The predicted octanol–water partition coefficient (Wildman–Crippen LogP) is 1.86. The number of allylic oxidation sites excluding steroid dienone is 1. The number of rotatable bonds is 5. The molecule has 0 N–H and O–H groups in total. The summed E-state index contributed by atoms with van der Waals surface area (Å²) in [7, 11) is 0. The number of nitrogens with zero attached hydrogens (tertiary/aromatic N) is 1. The molecule has 1 fully saturated rings. The number of carbonyl (C=O) groups excluding carboxylic acids is 2. The van der Waals surface area contributed by atoms with Crippen LogP contribution in [0, 0.1) is 0 Å². The third kappa shape index (κ3) is 3.36. The molecule has 0 radical (unpaired) electrons. The Morgan fingerprint density at radius 2 is 2.19 bits per heavy atom. The average Bonchev–Trinajstić information content (AvgIpc) is 2.57. The third-order valence-electron chi connectivity index (χ3n) is 2.55. The lowest BCUT2D eigenvalue weighted by Gasteiger charge is -2.17. The molecule has 1 rings (SSSR count). The van der Waals surface area contributed by atoms with Gasteiger partial charge in [0, 0.05) is 24.7 Å². The first-order valence-electron chi connectivity index (χ1n) is 5.86. The molecule has 1 amide bonds. The van der Waals surface area contributed by atoms with Gasteiger partial charge in [0.05, 0.1) is 6.61 Å². The van der Waals surface area contributed by atoms with Crippen molar-refractivity contribution in [2.45, 2.75) is 39.5 Å². The summed E-state index contributed by atoms with van der Waals surface area (Å²) in [6.07, 6.45) is 4.61. The van der Waals surface area contributed by atoms with Gasteiger partial charge < -0.3 is 9.64 Å². The highest BCUT2D eigenvalue weighted by Gasteiger charge is 2.25. The first-order chi connectivity index (χ1) is 7.69. The van der Waals surface area contributed by atoms with Crippen molar-refractivity contribution in [2.75, 3.05) is 13.2 Å². The average molecular weight is 225 g/mol. The van der Waals surface area contributed by atoms with Gasteiger partial charge in [0.15, 0.2) is 0 Å². The normalized spacial score (nSPS) is 18.2. The molecule has 0 bridgehead atoms. The lowest BCUT2D eigenvalue weighted by molar-refractivity contribution is -0.137. The van der Waals surface area contributed by atoms with Crippen LogP contribution in [-0.2, 0) is 14.3 Å². The molecule has 0 aromatic rings. The van der Waals surface area contributed by atoms with E-state index < -0.39 is 0 Å². The molecule has 1 aliphatic rings. The summed E-state index contributed by atoms with van der Waals surface area (Å²) in [6, 6.07) is 0. The Hall–Kier alpha value is -1.32. The summed E-state index contributed by atoms with van der Waals surface area (Å²) in [6.45, 7) is 4.92. The van der Waals surface area contributed by atoms with E-state index in [9.17, 15) is 9.59 Å². The zero-order chi connectivity index (χ0) is 12.0. The number of unbranched alkanes of at least 4 members (excludes halogenated alkanes) is 1. The van der Waals surface area contributed by atoms with E-state index in [1.54, 1.807) is 11.8 Å². The Bertz CT molecular complexity index is 297. The summed E-state index contributed by atoms with van der Waals surface area (Å²) in [5.41, 5.74) is 0.803. The number of carbonyl (C=O) groups is 2. The monoisotopic (exact) mass is 225 g/mol. The highest BCUT2D eigenvalue weighted by molar-refractivity contribution is 5.87. The van der Waals surface area contributed by atoms with E-state index in [0.29, 0.717) is 26.0 Å². The van der Waals surface area contributed by atoms with Crippen LogP contribution in [0.4, 0.5) is 0 Å². The van der Waals surface area contributed by atoms with Crippen molar-refractivity contribution in [1.29, 1.82) is 0 Å². The van der Waals surface area contributed by atoms with Gasteiger partial charge in [-0.2, -0.15) is 0 Å². The molecular weight excluding hydrogens is 206 g/mol. The van der Waals surface area contributed by atoms with Gasteiger partial charge in [-0.25, -0.2) is 4.79 Å². The summed E-state index contributed by atoms with van der Waals surface area (Å²) in [5, 5.41) is 0. The predicted molar refractivity (Wildman–Crippen MR) is 60.6 cm³/mol. The van der Waals surface area contributed by atoms with Gasteiger partial charge in [0.25, 0.3) is 0 Å². The van der Waals surface area contributed by atoms with Crippen LogP contribution in [-0.4, -0.2) is 29.9 Å². The summed E-state index contributed by atoms with van der Waals surface area (Å²) in [5.74, 6) is -0.238. The molecule has 0 atom stereocenters. The molecular formula is C12H19NO3. The van der Waals surface area contributed by atoms with E-state index in [-0.39, 0.29) is 11.9 Å². The molecule has 1 heterocycles. The SMILES string of the molecule is CCCCN1C(=O)CC/C1=C\C(=O)OCC. The molecule has 90 valence electrons. The third-order valence-corrected chi connectivity index (χ3v) is 2.55. The number of ether oxygens (including phenoxy) is 1. The maximum absolute atomic E-state index is 11.6. The fraction of sp³-hybridized carbons (Fsp3) is 0.667. The number of hydrogen-bond acceptors (Lipinski definition) is 3. The Morgan fingerprint density at radius 3 is 2.81 bits per heavy atom. The fourth-order valence-electron chi connectivity index (χ4n) is 1.72. The van der Waals surface area contributed by atoms with Crippen molar-refractivity contribution in [1.82, 2.24) is 4.90 Å². The fourth-order valence-corrected chi connectivity index (χ4v) is 1.72. The Labute approximate surface area is 96.3 Å².